The van der Waals surface area contributed by atoms with Gasteiger partial charge in [0.15, 0.2) is 0 Å². The molecule has 0 amide bonds. The summed E-state index contributed by atoms with van der Waals surface area (Å²) in [5, 5.41) is 4.82. The first kappa shape index (κ1) is 13.5. The molecule has 2 aromatic heterocycles. The molecule has 0 spiro atoms. The van der Waals surface area contributed by atoms with Crippen molar-refractivity contribution in [1.82, 2.24) is 14.8 Å². The molecule has 2 rings (SSSR count). The lowest BCUT2D eigenvalue weighted by Gasteiger charge is -2.17. The molecule has 18 heavy (non-hydrogen) atoms. The van der Waals surface area contributed by atoms with Gasteiger partial charge in [0.1, 0.15) is 0 Å². The number of aromatic nitrogens is 3. The number of pyridine rings is 1. The van der Waals surface area contributed by atoms with Crippen LogP contribution in [0.4, 0.5) is 0 Å². The minimum atomic E-state index is -0.379. The summed E-state index contributed by atoms with van der Waals surface area (Å²) < 4.78 is 2.75. The quantitative estimate of drug-likeness (QED) is 0.939. The Morgan fingerprint density at radius 2 is 2.06 bits per heavy atom. The number of nitrogens with two attached hydrogens (primary N) is 1. The summed E-state index contributed by atoms with van der Waals surface area (Å²) in [5.41, 5.74) is 7.79. The highest BCUT2D eigenvalue weighted by molar-refractivity contribution is 9.10. The predicted octanol–water partition coefficient (Wildman–Crippen LogP) is 3.32. The van der Waals surface area contributed by atoms with Gasteiger partial charge in [0.25, 0.3) is 0 Å². The maximum Gasteiger partial charge on any atom is 0.0912 e. The van der Waals surface area contributed by atoms with Crippen LogP contribution < -0.4 is 5.73 Å². The van der Waals surface area contributed by atoms with Crippen LogP contribution >= 0.6 is 27.5 Å². The lowest BCUT2D eigenvalue weighted by Crippen LogP contribution is -2.20. The summed E-state index contributed by atoms with van der Waals surface area (Å²) in [6.45, 7) is 4.07. The number of hydrogen-bond acceptors (Lipinski definition) is 3. The van der Waals surface area contributed by atoms with Crippen molar-refractivity contribution in [2.75, 3.05) is 0 Å². The maximum absolute atomic E-state index is 6.23. The lowest BCUT2D eigenvalue weighted by molar-refractivity contribution is 0.497. The van der Waals surface area contributed by atoms with Crippen LogP contribution in [-0.2, 0) is 0 Å². The molecule has 96 valence electrons. The van der Waals surface area contributed by atoms with E-state index in [4.69, 9.17) is 17.3 Å². The third-order valence-electron chi connectivity index (χ3n) is 2.64. The first-order valence-electron chi connectivity index (χ1n) is 5.60. The number of rotatable bonds is 3. The molecule has 0 bridgehead atoms. The van der Waals surface area contributed by atoms with Gasteiger partial charge in [-0.15, -0.1) is 0 Å². The summed E-state index contributed by atoms with van der Waals surface area (Å²) >= 11 is 9.51. The Bertz CT molecular complexity index is 536. The SMILES string of the molecule is CC(C)n1ncc(Cl)c1C(N)c1ccc(Br)cn1. The van der Waals surface area contributed by atoms with Crippen molar-refractivity contribution in [3.8, 4) is 0 Å². The van der Waals surface area contributed by atoms with E-state index >= 15 is 0 Å². The average Bonchev–Trinajstić information content (AvgIpc) is 2.71. The van der Waals surface area contributed by atoms with E-state index in [0.29, 0.717) is 5.02 Å². The van der Waals surface area contributed by atoms with Crippen LogP contribution in [-0.4, -0.2) is 14.8 Å². The number of halogens is 2. The molecule has 2 N–H and O–H groups in total. The highest BCUT2D eigenvalue weighted by Gasteiger charge is 2.20. The zero-order chi connectivity index (χ0) is 13.3. The van der Waals surface area contributed by atoms with Gasteiger partial charge in [0, 0.05) is 16.7 Å². The normalized spacial score (nSPS) is 13.0. The summed E-state index contributed by atoms with van der Waals surface area (Å²) in [7, 11) is 0. The fourth-order valence-corrected chi connectivity index (χ4v) is 2.25. The Labute approximate surface area is 119 Å². The predicted molar refractivity (Wildman–Crippen MR) is 75.6 cm³/mol. The third-order valence-corrected chi connectivity index (χ3v) is 3.40. The molecule has 0 aliphatic heterocycles. The molecule has 0 radical (unpaired) electrons. The molecule has 0 aliphatic carbocycles. The molecule has 2 heterocycles. The van der Waals surface area contributed by atoms with Crippen LogP contribution in [0.3, 0.4) is 0 Å². The van der Waals surface area contributed by atoms with Crippen molar-refractivity contribution in [3.63, 3.8) is 0 Å². The van der Waals surface area contributed by atoms with E-state index in [2.05, 4.69) is 26.0 Å². The third kappa shape index (κ3) is 2.58. The number of hydrogen-bond donors (Lipinski definition) is 1. The molecule has 1 unspecified atom stereocenters. The molecule has 0 saturated carbocycles. The topological polar surface area (TPSA) is 56.7 Å². The van der Waals surface area contributed by atoms with Crippen molar-refractivity contribution in [2.24, 2.45) is 5.73 Å². The molecular formula is C12H14BrClN4. The standard InChI is InChI=1S/C12H14BrClN4/c1-7(2)18-12(9(14)6-17-18)11(15)10-4-3-8(13)5-16-10/h3-7,11H,15H2,1-2H3. The van der Waals surface area contributed by atoms with Gasteiger partial charge in [-0.3, -0.25) is 9.67 Å². The van der Waals surface area contributed by atoms with Gasteiger partial charge in [-0.05, 0) is 41.9 Å². The zero-order valence-electron chi connectivity index (χ0n) is 10.1. The molecule has 0 aromatic carbocycles. The fourth-order valence-electron chi connectivity index (χ4n) is 1.76. The molecule has 0 aliphatic rings. The van der Waals surface area contributed by atoms with Crippen LogP contribution in [0, 0.1) is 0 Å². The first-order chi connectivity index (χ1) is 8.50. The second-order valence-electron chi connectivity index (χ2n) is 4.30. The Balaban J connectivity index is 2.42. The summed E-state index contributed by atoms with van der Waals surface area (Å²) in [5.74, 6) is 0. The Morgan fingerprint density at radius 3 is 2.61 bits per heavy atom. The molecule has 2 aromatic rings. The highest BCUT2D eigenvalue weighted by Crippen LogP contribution is 2.27. The van der Waals surface area contributed by atoms with Crippen molar-refractivity contribution in [2.45, 2.75) is 25.9 Å². The van der Waals surface area contributed by atoms with E-state index in [9.17, 15) is 0 Å². The van der Waals surface area contributed by atoms with Crippen LogP contribution in [0.2, 0.25) is 5.02 Å². The maximum atomic E-state index is 6.23. The Hall–Kier alpha value is -0.910. The van der Waals surface area contributed by atoms with Gasteiger partial charge in [-0.25, -0.2) is 0 Å². The van der Waals surface area contributed by atoms with Gasteiger partial charge in [-0.1, -0.05) is 11.6 Å². The van der Waals surface area contributed by atoms with E-state index in [1.807, 2.05) is 30.7 Å². The van der Waals surface area contributed by atoms with Gasteiger partial charge < -0.3 is 5.73 Å². The van der Waals surface area contributed by atoms with Gasteiger partial charge in [0.2, 0.25) is 0 Å². The van der Waals surface area contributed by atoms with Gasteiger partial charge >= 0.3 is 0 Å². The minimum Gasteiger partial charge on any atom is -0.318 e. The Morgan fingerprint density at radius 1 is 1.33 bits per heavy atom. The minimum absolute atomic E-state index is 0.203. The molecule has 4 nitrogen and oxygen atoms in total. The molecule has 1 atom stereocenters. The van der Waals surface area contributed by atoms with E-state index in [1.165, 1.54) is 0 Å². The van der Waals surface area contributed by atoms with Crippen molar-refractivity contribution >= 4 is 27.5 Å². The molecule has 0 saturated heterocycles. The monoisotopic (exact) mass is 328 g/mol. The van der Waals surface area contributed by atoms with Gasteiger partial charge in [-0.2, -0.15) is 5.10 Å². The largest absolute Gasteiger partial charge is 0.318 e. The number of nitrogens with zero attached hydrogens (tertiary/aromatic N) is 3. The van der Waals surface area contributed by atoms with Gasteiger partial charge in [0.05, 0.1) is 28.6 Å². The zero-order valence-corrected chi connectivity index (χ0v) is 12.5. The van der Waals surface area contributed by atoms with E-state index in [-0.39, 0.29) is 12.1 Å². The van der Waals surface area contributed by atoms with Crippen LogP contribution in [0.5, 0.6) is 0 Å². The first-order valence-corrected chi connectivity index (χ1v) is 6.77. The second kappa shape index (κ2) is 5.38. The van der Waals surface area contributed by atoms with E-state index in [1.54, 1.807) is 12.4 Å². The Kier molecular flexibility index (Phi) is 4.04. The van der Waals surface area contributed by atoms with E-state index in [0.717, 1.165) is 15.9 Å². The summed E-state index contributed by atoms with van der Waals surface area (Å²) in [4.78, 5) is 4.30. The molecule has 6 heteroatoms. The average molecular weight is 330 g/mol. The fraction of sp³-hybridized carbons (Fsp3) is 0.333. The highest BCUT2D eigenvalue weighted by atomic mass is 79.9. The molecular weight excluding hydrogens is 316 g/mol. The van der Waals surface area contributed by atoms with Crippen molar-refractivity contribution in [1.29, 1.82) is 0 Å². The molecule has 0 fully saturated rings. The van der Waals surface area contributed by atoms with E-state index < -0.39 is 0 Å². The van der Waals surface area contributed by atoms with Crippen LogP contribution in [0.1, 0.15) is 37.3 Å². The summed E-state index contributed by atoms with van der Waals surface area (Å²) in [6.07, 6.45) is 3.34. The van der Waals surface area contributed by atoms with Crippen LogP contribution in [0.25, 0.3) is 0 Å². The smallest absolute Gasteiger partial charge is 0.0912 e. The van der Waals surface area contributed by atoms with Crippen molar-refractivity contribution in [3.05, 3.63) is 45.4 Å². The summed E-state index contributed by atoms with van der Waals surface area (Å²) in [6, 6.07) is 3.61. The second-order valence-corrected chi connectivity index (χ2v) is 5.62. The van der Waals surface area contributed by atoms with Crippen LogP contribution in [0.15, 0.2) is 29.0 Å². The van der Waals surface area contributed by atoms with Crippen molar-refractivity contribution < 1.29 is 0 Å². The lowest BCUT2D eigenvalue weighted by atomic mass is 10.1.